The van der Waals surface area contributed by atoms with Gasteiger partial charge in [0.05, 0.1) is 0 Å². The highest BCUT2D eigenvalue weighted by Gasteiger charge is 2.16. The van der Waals surface area contributed by atoms with Crippen LogP contribution in [0.15, 0.2) is 29.2 Å². The molecule has 102 valence electrons. The molecule has 1 unspecified atom stereocenters. The van der Waals surface area contributed by atoms with Gasteiger partial charge in [0.25, 0.3) is 0 Å². The Labute approximate surface area is 116 Å². The molecule has 1 atom stereocenters. The Morgan fingerprint density at radius 3 is 2.28 bits per heavy atom. The molecule has 3 heteroatoms. The summed E-state index contributed by atoms with van der Waals surface area (Å²) >= 11 is 1.88. The molecule has 2 nitrogen and oxygen atoms in total. The fourth-order valence-corrected chi connectivity index (χ4v) is 2.89. The Morgan fingerprint density at radius 2 is 1.83 bits per heavy atom. The van der Waals surface area contributed by atoms with Gasteiger partial charge in [-0.05, 0) is 36.4 Å². The van der Waals surface area contributed by atoms with Crippen molar-refractivity contribution in [3.8, 4) is 0 Å². The summed E-state index contributed by atoms with van der Waals surface area (Å²) in [7, 11) is 2.16. The number of likely N-dealkylation sites (N-methyl/N-ethyl adjacent to an activating group) is 1. The SMILES string of the molecule is CCSc1ccc(CN(C)C(CN)C(C)C)cc1. The number of hydrogen-bond acceptors (Lipinski definition) is 3. The van der Waals surface area contributed by atoms with Crippen LogP contribution < -0.4 is 5.73 Å². The lowest BCUT2D eigenvalue weighted by Crippen LogP contribution is -2.41. The average Bonchev–Trinajstić information content (AvgIpc) is 2.32. The minimum Gasteiger partial charge on any atom is -0.329 e. The largest absolute Gasteiger partial charge is 0.329 e. The molecule has 18 heavy (non-hydrogen) atoms. The van der Waals surface area contributed by atoms with Gasteiger partial charge in [-0.15, -0.1) is 11.8 Å². The van der Waals surface area contributed by atoms with Crippen LogP contribution in [0.3, 0.4) is 0 Å². The zero-order valence-corrected chi connectivity index (χ0v) is 12.8. The molecule has 0 aliphatic carbocycles. The molecule has 0 bridgehead atoms. The molecule has 0 saturated carbocycles. The fourth-order valence-electron chi connectivity index (χ4n) is 2.22. The predicted octanol–water partition coefficient (Wildman–Crippen LogP) is 3.21. The highest BCUT2D eigenvalue weighted by atomic mass is 32.2. The van der Waals surface area contributed by atoms with Crippen LogP contribution in [0.1, 0.15) is 26.3 Å². The molecular formula is C15H26N2S. The molecule has 0 spiro atoms. The predicted molar refractivity (Wildman–Crippen MR) is 82.0 cm³/mol. The molecule has 0 aromatic heterocycles. The molecule has 0 saturated heterocycles. The van der Waals surface area contributed by atoms with Crippen molar-refractivity contribution < 1.29 is 0 Å². The maximum absolute atomic E-state index is 5.85. The van der Waals surface area contributed by atoms with E-state index in [2.05, 4.69) is 57.0 Å². The van der Waals surface area contributed by atoms with Crippen LogP contribution >= 0.6 is 11.8 Å². The molecule has 2 N–H and O–H groups in total. The summed E-state index contributed by atoms with van der Waals surface area (Å²) < 4.78 is 0. The molecule has 0 aliphatic heterocycles. The van der Waals surface area contributed by atoms with Crippen LogP contribution in [0.4, 0.5) is 0 Å². The summed E-state index contributed by atoms with van der Waals surface area (Å²) in [5.74, 6) is 1.72. The second-order valence-corrected chi connectivity index (χ2v) is 6.38. The van der Waals surface area contributed by atoms with E-state index in [0.717, 1.165) is 18.8 Å². The van der Waals surface area contributed by atoms with E-state index in [0.29, 0.717) is 12.0 Å². The van der Waals surface area contributed by atoms with E-state index in [1.54, 1.807) is 0 Å². The molecule has 1 aromatic rings. The summed E-state index contributed by atoms with van der Waals surface area (Å²) in [6.07, 6.45) is 0. The Hall–Kier alpha value is -0.510. The Kier molecular flexibility index (Phi) is 6.76. The van der Waals surface area contributed by atoms with Gasteiger partial charge in [0, 0.05) is 24.0 Å². The quantitative estimate of drug-likeness (QED) is 0.768. The summed E-state index contributed by atoms with van der Waals surface area (Å²) in [5.41, 5.74) is 7.21. The van der Waals surface area contributed by atoms with Gasteiger partial charge >= 0.3 is 0 Å². The van der Waals surface area contributed by atoms with Gasteiger partial charge < -0.3 is 5.73 Å². The number of rotatable bonds is 7. The number of nitrogens with zero attached hydrogens (tertiary/aromatic N) is 1. The van der Waals surface area contributed by atoms with E-state index in [1.807, 2.05) is 11.8 Å². The first-order chi connectivity index (χ1) is 8.58. The van der Waals surface area contributed by atoms with Crippen molar-refractivity contribution in [3.63, 3.8) is 0 Å². The lowest BCUT2D eigenvalue weighted by Gasteiger charge is -2.30. The van der Waals surface area contributed by atoms with Crippen LogP contribution in [-0.4, -0.2) is 30.3 Å². The smallest absolute Gasteiger partial charge is 0.0241 e. The molecule has 0 amide bonds. The zero-order valence-electron chi connectivity index (χ0n) is 12.0. The topological polar surface area (TPSA) is 29.3 Å². The summed E-state index contributed by atoms with van der Waals surface area (Å²) in [4.78, 5) is 3.70. The van der Waals surface area contributed by atoms with Gasteiger partial charge in [0.2, 0.25) is 0 Å². The fraction of sp³-hybridized carbons (Fsp3) is 0.600. The Morgan fingerprint density at radius 1 is 1.22 bits per heavy atom. The third kappa shape index (κ3) is 4.63. The van der Waals surface area contributed by atoms with Crippen LogP contribution in [0, 0.1) is 5.92 Å². The van der Waals surface area contributed by atoms with Crippen molar-refractivity contribution in [3.05, 3.63) is 29.8 Å². The lowest BCUT2D eigenvalue weighted by molar-refractivity contribution is 0.190. The molecule has 0 fully saturated rings. The van der Waals surface area contributed by atoms with E-state index in [4.69, 9.17) is 5.73 Å². The first-order valence-electron chi connectivity index (χ1n) is 6.70. The standard InChI is InChI=1S/C15H26N2S/c1-5-18-14-8-6-13(7-9-14)11-17(4)15(10-16)12(2)3/h6-9,12,15H,5,10-11,16H2,1-4H3. The lowest BCUT2D eigenvalue weighted by atomic mass is 10.0. The number of hydrogen-bond donors (Lipinski definition) is 1. The van der Waals surface area contributed by atoms with Crippen molar-refractivity contribution in [1.29, 1.82) is 0 Å². The van der Waals surface area contributed by atoms with Crippen molar-refractivity contribution in [2.24, 2.45) is 11.7 Å². The average molecular weight is 266 g/mol. The number of thioether (sulfide) groups is 1. The van der Waals surface area contributed by atoms with Crippen molar-refractivity contribution in [2.75, 3.05) is 19.3 Å². The summed E-state index contributed by atoms with van der Waals surface area (Å²) in [6.45, 7) is 8.33. The van der Waals surface area contributed by atoms with Crippen molar-refractivity contribution >= 4 is 11.8 Å². The van der Waals surface area contributed by atoms with Gasteiger partial charge in [-0.2, -0.15) is 0 Å². The molecular weight excluding hydrogens is 240 g/mol. The zero-order chi connectivity index (χ0) is 13.5. The van der Waals surface area contributed by atoms with Gasteiger partial charge in [0.1, 0.15) is 0 Å². The first-order valence-corrected chi connectivity index (χ1v) is 7.69. The minimum atomic E-state index is 0.453. The summed E-state index contributed by atoms with van der Waals surface area (Å²) in [5, 5.41) is 0. The van der Waals surface area contributed by atoms with E-state index < -0.39 is 0 Å². The Bertz CT molecular complexity index is 335. The van der Waals surface area contributed by atoms with E-state index in [-0.39, 0.29) is 0 Å². The minimum absolute atomic E-state index is 0.453. The van der Waals surface area contributed by atoms with Gasteiger partial charge in [-0.25, -0.2) is 0 Å². The highest BCUT2D eigenvalue weighted by molar-refractivity contribution is 7.99. The molecule has 0 aliphatic rings. The highest BCUT2D eigenvalue weighted by Crippen LogP contribution is 2.19. The van der Waals surface area contributed by atoms with Crippen LogP contribution in [0.5, 0.6) is 0 Å². The van der Waals surface area contributed by atoms with Crippen LogP contribution in [-0.2, 0) is 6.54 Å². The third-order valence-corrected chi connectivity index (χ3v) is 4.14. The van der Waals surface area contributed by atoms with Gasteiger partial charge in [-0.3, -0.25) is 4.90 Å². The first kappa shape index (κ1) is 15.5. The third-order valence-electron chi connectivity index (χ3n) is 3.24. The van der Waals surface area contributed by atoms with Crippen molar-refractivity contribution in [1.82, 2.24) is 4.90 Å². The van der Waals surface area contributed by atoms with E-state index in [1.165, 1.54) is 10.5 Å². The van der Waals surface area contributed by atoms with E-state index in [9.17, 15) is 0 Å². The second-order valence-electron chi connectivity index (χ2n) is 5.04. The van der Waals surface area contributed by atoms with Crippen LogP contribution in [0.2, 0.25) is 0 Å². The van der Waals surface area contributed by atoms with E-state index >= 15 is 0 Å². The Balaban J connectivity index is 2.60. The molecule has 1 rings (SSSR count). The maximum atomic E-state index is 5.85. The maximum Gasteiger partial charge on any atom is 0.0241 e. The molecule has 0 heterocycles. The number of nitrogens with two attached hydrogens (primary N) is 1. The van der Waals surface area contributed by atoms with Crippen LogP contribution in [0.25, 0.3) is 0 Å². The monoisotopic (exact) mass is 266 g/mol. The van der Waals surface area contributed by atoms with Gasteiger partial charge in [-0.1, -0.05) is 32.9 Å². The molecule has 0 radical (unpaired) electrons. The molecule has 1 aromatic carbocycles. The van der Waals surface area contributed by atoms with Gasteiger partial charge in [0.15, 0.2) is 0 Å². The normalized spacial score (nSPS) is 13.3. The number of benzene rings is 1. The second kappa shape index (κ2) is 7.82. The van der Waals surface area contributed by atoms with Crippen molar-refractivity contribution in [2.45, 2.75) is 38.3 Å². The summed E-state index contributed by atoms with van der Waals surface area (Å²) in [6, 6.07) is 9.33.